The van der Waals surface area contributed by atoms with Gasteiger partial charge in [0.05, 0.1) is 12.3 Å². The Hall–Kier alpha value is -2.94. The number of benzene rings is 2. The van der Waals surface area contributed by atoms with Gasteiger partial charge in [0.15, 0.2) is 5.16 Å². The maximum atomic E-state index is 12.8. The first-order chi connectivity index (χ1) is 17.0. The second-order valence-electron chi connectivity index (χ2n) is 8.86. The monoisotopic (exact) mass is 491 g/mol. The molecule has 184 valence electrons. The van der Waals surface area contributed by atoms with Crippen LogP contribution in [0.2, 0.25) is 0 Å². The number of anilines is 1. The normalized spacial score (nSPS) is 14.2. The van der Waals surface area contributed by atoms with Crippen LogP contribution >= 0.6 is 11.8 Å². The predicted molar refractivity (Wildman–Crippen MR) is 141 cm³/mol. The number of carbonyl (C=O) groups excluding carboxylic acids is 1. The van der Waals surface area contributed by atoms with Gasteiger partial charge < -0.3 is 19.4 Å². The first kappa shape index (κ1) is 25.2. The van der Waals surface area contributed by atoms with E-state index in [9.17, 15) is 4.79 Å². The molecule has 0 atom stereocenters. The highest BCUT2D eigenvalue weighted by molar-refractivity contribution is 7.98. The highest BCUT2D eigenvalue weighted by Gasteiger charge is 2.18. The molecule has 0 N–H and O–H groups in total. The summed E-state index contributed by atoms with van der Waals surface area (Å²) in [6.07, 6.45) is 0. The first-order valence-corrected chi connectivity index (χ1v) is 12.8. The van der Waals surface area contributed by atoms with Crippen molar-refractivity contribution in [3.8, 4) is 0 Å². The van der Waals surface area contributed by atoms with E-state index in [2.05, 4.69) is 21.8 Å². The van der Waals surface area contributed by atoms with Crippen molar-refractivity contribution in [1.29, 1.82) is 0 Å². The van der Waals surface area contributed by atoms with E-state index < -0.39 is 0 Å². The molecular weight excluding hydrogens is 458 g/mol. The van der Waals surface area contributed by atoms with E-state index in [1.165, 1.54) is 0 Å². The van der Waals surface area contributed by atoms with Crippen molar-refractivity contribution in [2.24, 2.45) is 0 Å². The molecule has 0 aliphatic carbocycles. The number of likely N-dealkylation sites (N-methyl/N-ethyl adjacent to an activating group) is 1. The highest BCUT2D eigenvalue weighted by Crippen LogP contribution is 2.24. The average Bonchev–Trinajstić information content (AvgIpc) is 2.88. The Morgan fingerprint density at radius 1 is 1.00 bits per heavy atom. The van der Waals surface area contributed by atoms with Gasteiger partial charge >= 0.3 is 0 Å². The summed E-state index contributed by atoms with van der Waals surface area (Å²) >= 11 is 1.60. The Bertz CT molecular complexity index is 1100. The molecule has 1 amide bonds. The van der Waals surface area contributed by atoms with E-state index in [4.69, 9.17) is 9.72 Å². The van der Waals surface area contributed by atoms with Crippen LogP contribution in [0.15, 0.2) is 65.8 Å². The van der Waals surface area contributed by atoms with Crippen molar-refractivity contribution in [2.75, 3.05) is 52.3 Å². The van der Waals surface area contributed by atoms with Crippen LogP contribution in [0.25, 0.3) is 0 Å². The molecule has 4 rings (SSSR count). The number of aromatic nitrogens is 2. The van der Waals surface area contributed by atoms with Crippen LogP contribution in [0.5, 0.6) is 0 Å². The number of piperazine rings is 1. The van der Waals surface area contributed by atoms with Gasteiger partial charge in [-0.1, -0.05) is 54.2 Å². The summed E-state index contributed by atoms with van der Waals surface area (Å²) < 4.78 is 5.34. The Labute approximate surface area is 212 Å². The smallest absolute Gasteiger partial charge is 0.253 e. The minimum absolute atomic E-state index is 0.0143. The fourth-order valence-electron chi connectivity index (χ4n) is 3.98. The fourth-order valence-corrected chi connectivity index (χ4v) is 4.81. The van der Waals surface area contributed by atoms with Gasteiger partial charge in [-0.2, -0.15) is 0 Å². The maximum absolute atomic E-state index is 12.8. The van der Waals surface area contributed by atoms with Crippen molar-refractivity contribution in [3.63, 3.8) is 0 Å². The van der Waals surface area contributed by atoms with E-state index in [0.29, 0.717) is 18.7 Å². The molecule has 1 saturated heterocycles. The van der Waals surface area contributed by atoms with Crippen LogP contribution in [0.1, 0.15) is 27.2 Å². The molecule has 35 heavy (non-hydrogen) atoms. The van der Waals surface area contributed by atoms with Gasteiger partial charge in [-0.25, -0.2) is 9.97 Å². The Morgan fingerprint density at radius 3 is 2.40 bits per heavy atom. The fraction of sp³-hybridized carbons (Fsp3) is 0.370. The number of hydrogen-bond donors (Lipinski definition) is 0. The molecule has 1 fully saturated rings. The predicted octanol–water partition coefficient (Wildman–Crippen LogP) is 3.94. The number of amides is 1. The third-order valence-corrected chi connectivity index (χ3v) is 6.96. The number of thioether (sulfide) groups is 1. The minimum Gasteiger partial charge on any atom is -0.378 e. The van der Waals surface area contributed by atoms with E-state index in [-0.39, 0.29) is 5.91 Å². The first-order valence-electron chi connectivity index (χ1n) is 11.8. The lowest BCUT2D eigenvalue weighted by Gasteiger charge is -2.33. The number of ether oxygens (including phenoxy) is 1. The molecule has 7 nitrogen and oxygen atoms in total. The number of hydrogen-bond acceptors (Lipinski definition) is 7. The largest absolute Gasteiger partial charge is 0.378 e. The van der Waals surface area contributed by atoms with Crippen LogP contribution < -0.4 is 4.90 Å². The van der Waals surface area contributed by atoms with Crippen molar-refractivity contribution < 1.29 is 9.53 Å². The summed E-state index contributed by atoms with van der Waals surface area (Å²) in [6, 6.07) is 19.9. The zero-order valence-electron chi connectivity index (χ0n) is 20.7. The number of methoxy groups -OCH3 is 1. The SMILES string of the molecule is COCc1cc(N2CCN(C)CC2)nc(SCc2ccc(C(=O)N(C)Cc3ccccc3)cc2)n1. The van der Waals surface area contributed by atoms with E-state index >= 15 is 0 Å². The summed E-state index contributed by atoms with van der Waals surface area (Å²) in [4.78, 5) is 28.7. The second-order valence-corrected chi connectivity index (χ2v) is 9.80. The van der Waals surface area contributed by atoms with Gasteiger partial charge in [-0.05, 0) is 30.3 Å². The average molecular weight is 492 g/mol. The number of carbonyl (C=O) groups is 1. The molecule has 1 aliphatic heterocycles. The molecule has 1 aliphatic rings. The van der Waals surface area contributed by atoms with Gasteiger partial charge in [0, 0.05) is 64.3 Å². The van der Waals surface area contributed by atoms with Crippen LogP contribution in [-0.2, 0) is 23.6 Å². The van der Waals surface area contributed by atoms with Crippen LogP contribution in [-0.4, -0.2) is 73.1 Å². The molecule has 2 aromatic carbocycles. The lowest BCUT2D eigenvalue weighted by molar-refractivity contribution is 0.0785. The van der Waals surface area contributed by atoms with E-state index in [1.807, 2.05) is 67.7 Å². The highest BCUT2D eigenvalue weighted by atomic mass is 32.2. The molecular formula is C27H33N5O2S. The van der Waals surface area contributed by atoms with Crippen molar-refractivity contribution in [3.05, 3.63) is 83.0 Å². The molecule has 0 radical (unpaired) electrons. The Morgan fingerprint density at radius 2 is 1.71 bits per heavy atom. The quantitative estimate of drug-likeness (QED) is 0.332. The molecule has 2 heterocycles. The van der Waals surface area contributed by atoms with Gasteiger partial charge in [0.1, 0.15) is 5.82 Å². The van der Waals surface area contributed by atoms with Crippen LogP contribution in [0.3, 0.4) is 0 Å². The van der Waals surface area contributed by atoms with E-state index in [0.717, 1.165) is 59.7 Å². The summed E-state index contributed by atoms with van der Waals surface area (Å²) in [5.41, 5.74) is 3.82. The zero-order chi connectivity index (χ0) is 24.6. The molecule has 0 saturated carbocycles. The topological polar surface area (TPSA) is 61.8 Å². The third-order valence-electron chi connectivity index (χ3n) is 6.04. The van der Waals surface area contributed by atoms with Crippen molar-refractivity contribution >= 4 is 23.5 Å². The Balaban J connectivity index is 1.38. The molecule has 1 aromatic heterocycles. The van der Waals surface area contributed by atoms with Crippen molar-refractivity contribution in [2.45, 2.75) is 24.1 Å². The standard InChI is InChI=1S/C27H33N5O2S/c1-30-13-15-32(16-14-30)25-17-24(19-34-3)28-27(29-25)35-20-22-9-11-23(12-10-22)26(33)31(2)18-21-7-5-4-6-8-21/h4-12,17H,13-16,18-20H2,1-3H3. The third kappa shape index (κ3) is 7.04. The summed E-state index contributed by atoms with van der Waals surface area (Å²) in [6.45, 7) is 5.01. The van der Waals surface area contributed by atoms with E-state index in [1.54, 1.807) is 23.8 Å². The molecule has 8 heteroatoms. The molecule has 3 aromatic rings. The van der Waals surface area contributed by atoms with Crippen molar-refractivity contribution in [1.82, 2.24) is 19.8 Å². The zero-order valence-corrected chi connectivity index (χ0v) is 21.5. The second kappa shape index (κ2) is 12.2. The van der Waals surface area contributed by atoms with Gasteiger partial charge in [-0.3, -0.25) is 4.79 Å². The van der Waals surface area contributed by atoms with Crippen LogP contribution in [0.4, 0.5) is 5.82 Å². The molecule has 0 unspecified atom stereocenters. The van der Waals surface area contributed by atoms with Gasteiger partial charge in [-0.15, -0.1) is 0 Å². The summed E-state index contributed by atoms with van der Waals surface area (Å²) in [7, 11) is 5.67. The molecule has 0 bridgehead atoms. The van der Waals surface area contributed by atoms with Gasteiger partial charge in [0.2, 0.25) is 0 Å². The number of nitrogens with zero attached hydrogens (tertiary/aromatic N) is 5. The Kier molecular flexibility index (Phi) is 8.74. The lowest BCUT2D eigenvalue weighted by Crippen LogP contribution is -2.44. The minimum atomic E-state index is 0.0143. The van der Waals surface area contributed by atoms with Crippen LogP contribution in [0, 0.1) is 0 Å². The number of rotatable bonds is 9. The lowest BCUT2D eigenvalue weighted by atomic mass is 10.1. The van der Waals surface area contributed by atoms with Gasteiger partial charge in [0.25, 0.3) is 5.91 Å². The maximum Gasteiger partial charge on any atom is 0.253 e. The summed E-state index contributed by atoms with van der Waals surface area (Å²) in [5, 5.41) is 0.747. The summed E-state index contributed by atoms with van der Waals surface area (Å²) in [5.74, 6) is 1.71. The molecule has 0 spiro atoms.